The summed E-state index contributed by atoms with van der Waals surface area (Å²) in [5.74, 6) is 0.0523. The highest BCUT2D eigenvalue weighted by molar-refractivity contribution is 5.54. The molecule has 0 radical (unpaired) electrons. The Hall–Kier alpha value is -1.88. The lowest BCUT2D eigenvalue weighted by molar-refractivity contribution is 0.380. The molecule has 0 spiro atoms. The monoisotopic (exact) mass is 205 g/mol. The van der Waals surface area contributed by atoms with Gasteiger partial charge in [-0.05, 0) is 5.56 Å². The van der Waals surface area contributed by atoms with E-state index in [2.05, 4.69) is 9.68 Å². The van der Waals surface area contributed by atoms with Crippen molar-refractivity contribution in [1.29, 1.82) is 0 Å². The van der Waals surface area contributed by atoms with Crippen molar-refractivity contribution >= 4 is 0 Å². The van der Waals surface area contributed by atoms with E-state index in [4.69, 9.17) is 5.73 Å². The van der Waals surface area contributed by atoms with Gasteiger partial charge in [-0.15, -0.1) is 0 Å². The van der Waals surface area contributed by atoms with Crippen LogP contribution in [0.5, 0.6) is 0 Å². The zero-order chi connectivity index (χ0) is 10.8. The third-order valence-corrected chi connectivity index (χ3v) is 2.25. The summed E-state index contributed by atoms with van der Waals surface area (Å²) < 4.78 is 5.90. The van der Waals surface area contributed by atoms with E-state index in [9.17, 15) is 4.79 Å². The van der Waals surface area contributed by atoms with Crippen molar-refractivity contribution in [3.8, 4) is 11.4 Å². The fourth-order valence-electron chi connectivity index (χ4n) is 1.33. The molecule has 0 unspecified atom stereocenters. The summed E-state index contributed by atoms with van der Waals surface area (Å²) in [6.45, 7) is 0.498. The Morgan fingerprint density at radius 1 is 1.40 bits per heavy atom. The topological polar surface area (TPSA) is 74.1 Å². The minimum absolute atomic E-state index is 0.465. The van der Waals surface area contributed by atoms with Gasteiger partial charge in [0.1, 0.15) is 0 Å². The average molecular weight is 205 g/mol. The SMILES string of the molecule is Cn1c(-c2ccc(CN)cc2)noc1=O. The third-order valence-electron chi connectivity index (χ3n) is 2.25. The van der Waals surface area contributed by atoms with Gasteiger partial charge in [-0.2, -0.15) is 0 Å². The van der Waals surface area contributed by atoms with Gasteiger partial charge in [0, 0.05) is 19.2 Å². The van der Waals surface area contributed by atoms with Crippen molar-refractivity contribution < 1.29 is 4.52 Å². The van der Waals surface area contributed by atoms with E-state index in [1.807, 2.05) is 24.3 Å². The van der Waals surface area contributed by atoms with Crippen molar-refractivity contribution in [3.63, 3.8) is 0 Å². The Bertz CT molecular complexity index is 510. The summed E-state index contributed by atoms with van der Waals surface area (Å²) in [6.07, 6.45) is 0. The molecule has 0 amide bonds. The van der Waals surface area contributed by atoms with E-state index in [0.29, 0.717) is 12.4 Å². The lowest BCUT2D eigenvalue weighted by Gasteiger charge is -2.00. The van der Waals surface area contributed by atoms with Crippen LogP contribution in [0.15, 0.2) is 33.6 Å². The van der Waals surface area contributed by atoms with Gasteiger partial charge < -0.3 is 5.73 Å². The maximum atomic E-state index is 11.1. The molecular weight excluding hydrogens is 194 g/mol. The van der Waals surface area contributed by atoms with Gasteiger partial charge in [-0.1, -0.05) is 29.4 Å². The molecule has 5 heteroatoms. The standard InChI is InChI=1S/C10H11N3O2/c1-13-9(12-15-10(13)14)8-4-2-7(6-11)3-5-8/h2-5H,6,11H2,1H3. The number of hydrogen-bond donors (Lipinski definition) is 1. The second-order valence-corrected chi connectivity index (χ2v) is 3.23. The molecule has 0 aliphatic rings. The van der Waals surface area contributed by atoms with Crippen molar-refractivity contribution in [2.45, 2.75) is 6.54 Å². The maximum Gasteiger partial charge on any atom is 0.441 e. The normalized spacial score (nSPS) is 10.5. The molecule has 0 bridgehead atoms. The Labute approximate surface area is 86.1 Å². The third kappa shape index (κ3) is 1.69. The van der Waals surface area contributed by atoms with Gasteiger partial charge >= 0.3 is 5.76 Å². The highest BCUT2D eigenvalue weighted by atomic mass is 16.5. The molecule has 0 saturated carbocycles. The van der Waals surface area contributed by atoms with Crippen molar-refractivity contribution in [3.05, 3.63) is 40.4 Å². The highest BCUT2D eigenvalue weighted by Gasteiger charge is 2.08. The van der Waals surface area contributed by atoms with Crippen LogP contribution in [0.25, 0.3) is 11.4 Å². The van der Waals surface area contributed by atoms with Gasteiger partial charge in [0.15, 0.2) is 5.82 Å². The molecule has 5 nitrogen and oxygen atoms in total. The van der Waals surface area contributed by atoms with Crippen LogP contribution in [0.4, 0.5) is 0 Å². The molecule has 0 fully saturated rings. The summed E-state index contributed by atoms with van der Waals surface area (Å²) >= 11 is 0. The number of aromatic nitrogens is 2. The predicted octanol–water partition coefficient (Wildman–Crippen LogP) is 0.499. The fourth-order valence-corrected chi connectivity index (χ4v) is 1.33. The van der Waals surface area contributed by atoms with Crippen LogP contribution in [0, 0.1) is 0 Å². The van der Waals surface area contributed by atoms with Gasteiger partial charge in [0.25, 0.3) is 0 Å². The van der Waals surface area contributed by atoms with Gasteiger partial charge in [0.05, 0.1) is 0 Å². The molecule has 2 N–H and O–H groups in total. The first-order chi connectivity index (χ1) is 7.22. The van der Waals surface area contributed by atoms with Crippen LogP contribution in [-0.2, 0) is 13.6 Å². The molecule has 0 aliphatic heterocycles. The zero-order valence-corrected chi connectivity index (χ0v) is 8.30. The number of benzene rings is 1. The van der Waals surface area contributed by atoms with Crippen LogP contribution in [-0.4, -0.2) is 9.72 Å². The second-order valence-electron chi connectivity index (χ2n) is 3.23. The highest BCUT2D eigenvalue weighted by Crippen LogP contribution is 2.15. The molecule has 2 rings (SSSR count). The number of rotatable bonds is 2. The molecule has 1 aromatic heterocycles. The van der Waals surface area contributed by atoms with E-state index < -0.39 is 5.76 Å². The van der Waals surface area contributed by atoms with E-state index >= 15 is 0 Å². The minimum atomic E-state index is -0.465. The molecule has 2 aromatic rings. The quantitative estimate of drug-likeness (QED) is 0.774. The van der Waals surface area contributed by atoms with Crippen LogP contribution in [0.3, 0.4) is 0 Å². The van der Waals surface area contributed by atoms with E-state index in [-0.39, 0.29) is 0 Å². The van der Waals surface area contributed by atoms with Crippen LogP contribution in [0.1, 0.15) is 5.56 Å². The van der Waals surface area contributed by atoms with Crippen LogP contribution >= 0.6 is 0 Å². The van der Waals surface area contributed by atoms with E-state index in [0.717, 1.165) is 11.1 Å². The number of hydrogen-bond acceptors (Lipinski definition) is 4. The lowest BCUT2D eigenvalue weighted by atomic mass is 10.1. The van der Waals surface area contributed by atoms with Crippen molar-refractivity contribution in [2.75, 3.05) is 0 Å². The average Bonchev–Trinajstić information content (AvgIpc) is 2.60. The summed E-state index contributed by atoms with van der Waals surface area (Å²) in [4.78, 5) is 11.1. The predicted molar refractivity (Wildman–Crippen MR) is 55.1 cm³/mol. The van der Waals surface area contributed by atoms with Crippen molar-refractivity contribution in [2.24, 2.45) is 12.8 Å². The molecule has 15 heavy (non-hydrogen) atoms. The zero-order valence-electron chi connectivity index (χ0n) is 8.30. The fraction of sp³-hybridized carbons (Fsp3) is 0.200. The largest absolute Gasteiger partial charge is 0.441 e. The molecule has 0 saturated heterocycles. The molecule has 0 aliphatic carbocycles. The summed E-state index contributed by atoms with van der Waals surface area (Å²) in [7, 11) is 1.62. The summed E-state index contributed by atoms with van der Waals surface area (Å²) in [5, 5.41) is 3.69. The molecular formula is C10H11N3O2. The van der Waals surface area contributed by atoms with Crippen LogP contribution < -0.4 is 11.5 Å². The number of nitrogens with zero attached hydrogens (tertiary/aromatic N) is 2. The van der Waals surface area contributed by atoms with Crippen LogP contribution in [0.2, 0.25) is 0 Å². The Balaban J connectivity index is 2.46. The smallest absolute Gasteiger partial charge is 0.326 e. The Morgan fingerprint density at radius 3 is 2.53 bits per heavy atom. The number of nitrogens with two attached hydrogens (primary N) is 1. The second kappa shape index (κ2) is 3.70. The van der Waals surface area contributed by atoms with Gasteiger partial charge in [0.2, 0.25) is 0 Å². The Morgan fingerprint density at radius 2 is 2.07 bits per heavy atom. The molecule has 1 aromatic carbocycles. The minimum Gasteiger partial charge on any atom is -0.326 e. The van der Waals surface area contributed by atoms with Crippen molar-refractivity contribution in [1.82, 2.24) is 9.72 Å². The maximum absolute atomic E-state index is 11.1. The Kier molecular flexibility index (Phi) is 2.39. The van der Waals surface area contributed by atoms with Gasteiger partial charge in [-0.25, -0.2) is 4.79 Å². The first-order valence-corrected chi connectivity index (χ1v) is 4.54. The van der Waals surface area contributed by atoms with Gasteiger partial charge in [-0.3, -0.25) is 9.09 Å². The molecule has 0 atom stereocenters. The first-order valence-electron chi connectivity index (χ1n) is 4.54. The lowest BCUT2D eigenvalue weighted by Crippen LogP contribution is -2.10. The molecule has 1 heterocycles. The first kappa shape index (κ1) is 9.67. The van der Waals surface area contributed by atoms with E-state index in [1.165, 1.54) is 4.57 Å². The summed E-state index contributed by atoms with van der Waals surface area (Å²) in [5.41, 5.74) is 7.35. The summed E-state index contributed by atoms with van der Waals surface area (Å²) in [6, 6.07) is 7.52. The van der Waals surface area contributed by atoms with E-state index in [1.54, 1.807) is 7.05 Å². The molecule has 78 valence electrons.